The summed E-state index contributed by atoms with van der Waals surface area (Å²) >= 11 is 1.52. The zero-order chi connectivity index (χ0) is 17.3. The fourth-order valence-electron chi connectivity index (χ4n) is 2.52. The number of nitrogens with zero attached hydrogens (tertiary/aromatic N) is 4. The molecule has 0 fully saturated rings. The van der Waals surface area contributed by atoms with Gasteiger partial charge in [0, 0.05) is 19.2 Å². The van der Waals surface area contributed by atoms with E-state index in [1.807, 2.05) is 25.9 Å². The van der Waals surface area contributed by atoms with Gasteiger partial charge in [-0.1, -0.05) is 22.6 Å². The quantitative estimate of drug-likeness (QED) is 0.712. The molecule has 0 spiro atoms. The van der Waals surface area contributed by atoms with E-state index in [0.29, 0.717) is 11.7 Å². The van der Waals surface area contributed by atoms with Gasteiger partial charge in [0.15, 0.2) is 5.13 Å². The van der Waals surface area contributed by atoms with Gasteiger partial charge in [0.2, 0.25) is 5.76 Å². The van der Waals surface area contributed by atoms with Crippen molar-refractivity contribution in [3.63, 3.8) is 0 Å². The lowest BCUT2D eigenvalue weighted by atomic mass is 10.1. The van der Waals surface area contributed by atoms with E-state index in [1.165, 1.54) is 23.1 Å². The molecule has 1 aromatic carbocycles. The summed E-state index contributed by atoms with van der Waals surface area (Å²) in [5.41, 5.74) is 3.25. The van der Waals surface area contributed by atoms with E-state index in [4.69, 9.17) is 9.51 Å². The molecular formula is C17H20N4O2S. The number of benzene rings is 1. The number of hydrogen-bond donors (Lipinski definition) is 0. The molecule has 0 N–H and O–H groups in total. The molecule has 7 heteroatoms. The number of anilines is 1. The van der Waals surface area contributed by atoms with E-state index in [9.17, 15) is 4.79 Å². The summed E-state index contributed by atoms with van der Waals surface area (Å²) in [5, 5.41) is 4.32. The Morgan fingerprint density at radius 1 is 1.25 bits per heavy atom. The van der Waals surface area contributed by atoms with Crippen molar-refractivity contribution < 1.29 is 9.32 Å². The molecule has 6 nitrogen and oxygen atoms in total. The molecule has 0 unspecified atom stereocenters. The van der Waals surface area contributed by atoms with E-state index in [2.05, 4.69) is 24.2 Å². The molecule has 0 bridgehead atoms. The second-order valence-electron chi connectivity index (χ2n) is 6.06. The fraction of sp³-hybridized carbons (Fsp3) is 0.353. The molecule has 2 heterocycles. The molecule has 0 aliphatic carbocycles. The van der Waals surface area contributed by atoms with Crippen LogP contribution in [0.15, 0.2) is 28.9 Å². The Kier molecular flexibility index (Phi) is 4.64. The van der Waals surface area contributed by atoms with Crippen LogP contribution >= 0.6 is 11.3 Å². The average molecular weight is 344 g/mol. The number of amides is 1. The Balaban J connectivity index is 2.01. The number of hydrogen-bond acceptors (Lipinski definition) is 6. The van der Waals surface area contributed by atoms with Crippen LogP contribution in [0.5, 0.6) is 0 Å². The van der Waals surface area contributed by atoms with Gasteiger partial charge in [-0.15, -0.1) is 0 Å². The molecule has 3 rings (SSSR count). The Labute approximate surface area is 144 Å². The second kappa shape index (κ2) is 6.70. The maximum atomic E-state index is 12.8. The Morgan fingerprint density at radius 2 is 2.04 bits per heavy atom. The molecule has 0 atom stereocenters. The van der Waals surface area contributed by atoms with Crippen molar-refractivity contribution in [2.45, 2.75) is 13.8 Å². The van der Waals surface area contributed by atoms with Crippen molar-refractivity contribution >= 4 is 32.6 Å². The molecule has 3 aromatic rings. The Hall–Kier alpha value is -2.25. The van der Waals surface area contributed by atoms with Gasteiger partial charge in [-0.3, -0.25) is 9.69 Å². The highest BCUT2D eigenvalue weighted by Gasteiger charge is 2.24. The molecule has 1 amide bonds. The molecule has 126 valence electrons. The van der Waals surface area contributed by atoms with Gasteiger partial charge in [-0.25, -0.2) is 4.98 Å². The van der Waals surface area contributed by atoms with Gasteiger partial charge in [-0.2, -0.15) is 0 Å². The first-order valence-corrected chi connectivity index (χ1v) is 8.52. The van der Waals surface area contributed by atoms with Gasteiger partial charge < -0.3 is 9.42 Å². The largest absolute Gasteiger partial charge is 0.351 e. The van der Waals surface area contributed by atoms with Crippen LogP contribution in [0.1, 0.15) is 21.7 Å². The molecule has 0 aliphatic heterocycles. The summed E-state index contributed by atoms with van der Waals surface area (Å²) in [7, 11) is 3.95. The van der Waals surface area contributed by atoms with E-state index >= 15 is 0 Å². The first-order valence-electron chi connectivity index (χ1n) is 7.71. The monoisotopic (exact) mass is 344 g/mol. The molecule has 0 radical (unpaired) electrons. The van der Waals surface area contributed by atoms with Crippen molar-refractivity contribution in [3.05, 3.63) is 41.3 Å². The van der Waals surface area contributed by atoms with Crippen LogP contribution in [0, 0.1) is 13.8 Å². The average Bonchev–Trinajstić information content (AvgIpc) is 3.16. The first-order chi connectivity index (χ1) is 11.5. The minimum atomic E-state index is -0.220. The van der Waals surface area contributed by atoms with Gasteiger partial charge in [0.05, 0.1) is 16.4 Å². The molecular weight excluding hydrogens is 324 g/mol. The molecule has 0 saturated heterocycles. The number of likely N-dealkylation sites (N-methyl/N-ethyl adjacent to an activating group) is 1. The molecule has 2 aromatic heterocycles. The maximum Gasteiger partial charge on any atom is 0.298 e. The summed E-state index contributed by atoms with van der Waals surface area (Å²) in [5.74, 6) is 0.00342. The highest BCUT2D eigenvalue weighted by atomic mass is 32.1. The number of thiazole rings is 1. The van der Waals surface area contributed by atoms with E-state index < -0.39 is 0 Å². The normalized spacial score (nSPS) is 11.4. The van der Waals surface area contributed by atoms with Crippen LogP contribution in [-0.4, -0.2) is 48.1 Å². The van der Waals surface area contributed by atoms with Crippen molar-refractivity contribution in [1.82, 2.24) is 15.0 Å². The SMILES string of the molecule is Cc1cc(C)c2nc(N(CCN(C)C)C(=O)c3ccno3)sc2c1. The van der Waals surface area contributed by atoms with Crippen molar-refractivity contribution in [3.8, 4) is 0 Å². The second-order valence-corrected chi connectivity index (χ2v) is 7.07. The van der Waals surface area contributed by atoms with E-state index in [1.54, 1.807) is 11.0 Å². The first kappa shape index (κ1) is 16.6. The van der Waals surface area contributed by atoms with Gasteiger partial charge in [0.25, 0.3) is 5.91 Å². The number of carbonyl (C=O) groups is 1. The van der Waals surface area contributed by atoms with Crippen LogP contribution < -0.4 is 4.90 Å². The van der Waals surface area contributed by atoms with E-state index in [-0.39, 0.29) is 11.7 Å². The molecule has 0 saturated carbocycles. The minimum absolute atomic E-state index is 0.220. The van der Waals surface area contributed by atoms with Crippen molar-refractivity contribution in [2.75, 3.05) is 32.1 Å². The smallest absolute Gasteiger partial charge is 0.298 e. The summed E-state index contributed by atoms with van der Waals surface area (Å²) in [6.07, 6.45) is 1.48. The third-order valence-electron chi connectivity index (χ3n) is 3.71. The van der Waals surface area contributed by atoms with Gasteiger partial charge >= 0.3 is 0 Å². The number of aryl methyl sites for hydroxylation is 2. The summed E-state index contributed by atoms with van der Waals surface area (Å²) in [6.45, 7) is 5.37. The predicted octanol–water partition coefficient (Wildman–Crippen LogP) is 3.11. The number of rotatable bonds is 5. The lowest BCUT2D eigenvalue weighted by molar-refractivity contribution is 0.0949. The van der Waals surface area contributed by atoms with E-state index in [0.717, 1.165) is 22.3 Å². The highest BCUT2D eigenvalue weighted by molar-refractivity contribution is 7.22. The topological polar surface area (TPSA) is 62.5 Å². The van der Waals surface area contributed by atoms with Crippen LogP contribution in [-0.2, 0) is 0 Å². The predicted molar refractivity (Wildman–Crippen MR) is 95.8 cm³/mol. The summed E-state index contributed by atoms with van der Waals surface area (Å²) < 4.78 is 6.13. The van der Waals surface area contributed by atoms with Crippen LogP contribution in [0.2, 0.25) is 0 Å². The summed E-state index contributed by atoms with van der Waals surface area (Å²) in [6, 6.07) is 5.79. The zero-order valence-electron chi connectivity index (χ0n) is 14.2. The Bertz CT molecular complexity index is 855. The lowest BCUT2D eigenvalue weighted by Gasteiger charge is -2.20. The van der Waals surface area contributed by atoms with Gasteiger partial charge in [0.1, 0.15) is 0 Å². The van der Waals surface area contributed by atoms with Crippen molar-refractivity contribution in [1.29, 1.82) is 0 Å². The minimum Gasteiger partial charge on any atom is -0.351 e. The fourth-order valence-corrected chi connectivity index (χ4v) is 3.68. The van der Waals surface area contributed by atoms with Crippen LogP contribution in [0.4, 0.5) is 5.13 Å². The standard InChI is InChI=1S/C17H20N4O2S/c1-11-9-12(2)15-14(10-11)24-17(19-15)21(8-7-20(3)4)16(22)13-5-6-18-23-13/h5-6,9-10H,7-8H2,1-4H3. The third kappa shape index (κ3) is 3.32. The van der Waals surface area contributed by atoms with Crippen LogP contribution in [0.25, 0.3) is 10.2 Å². The maximum absolute atomic E-state index is 12.8. The van der Waals surface area contributed by atoms with Crippen LogP contribution in [0.3, 0.4) is 0 Å². The number of fused-ring (bicyclic) bond motifs is 1. The number of carbonyl (C=O) groups excluding carboxylic acids is 1. The molecule has 24 heavy (non-hydrogen) atoms. The highest BCUT2D eigenvalue weighted by Crippen LogP contribution is 2.32. The lowest BCUT2D eigenvalue weighted by Crippen LogP contribution is -2.36. The summed E-state index contributed by atoms with van der Waals surface area (Å²) in [4.78, 5) is 21.2. The van der Waals surface area contributed by atoms with Gasteiger partial charge in [-0.05, 0) is 45.1 Å². The van der Waals surface area contributed by atoms with Crippen molar-refractivity contribution in [2.24, 2.45) is 0 Å². The Morgan fingerprint density at radius 3 is 2.71 bits per heavy atom. The third-order valence-corrected chi connectivity index (χ3v) is 4.74. The zero-order valence-corrected chi connectivity index (χ0v) is 15.1. The molecule has 0 aliphatic rings. The number of aromatic nitrogens is 2.